The van der Waals surface area contributed by atoms with Crippen molar-refractivity contribution in [2.24, 2.45) is 0 Å². The second-order valence-corrected chi connectivity index (χ2v) is 5.03. The molecule has 0 fully saturated rings. The molecule has 3 heteroatoms. The Bertz CT molecular complexity index is 559. The highest BCUT2D eigenvalue weighted by Crippen LogP contribution is 2.37. The van der Waals surface area contributed by atoms with Crippen molar-refractivity contribution >= 4 is 11.6 Å². The molecular weight excluding hydrogens is 248 g/mol. The number of phenols is 2. The summed E-state index contributed by atoms with van der Waals surface area (Å²) in [4.78, 5) is 0. The van der Waals surface area contributed by atoms with Crippen molar-refractivity contribution in [2.45, 2.75) is 19.8 Å². The fourth-order valence-corrected chi connectivity index (χ4v) is 2.04. The Morgan fingerprint density at radius 2 is 1.56 bits per heavy atom. The van der Waals surface area contributed by atoms with Crippen LogP contribution in [0.3, 0.4) is 0 Å². The van der Waals surface area contributed by atoms with E-state index in [0.717, 1.165) is 11.1 Å². The largest absolute Gasteiger partial charge is 0.508 e. The molecule has 2 aromatic rings. The van der Waals surface area contributed by atoms with Crippen molar-refractivity contribution in [3.63, 3.8) is 0 Å². The topological polar surface area (TPSA) is 40.5 Å². The molecule has 0 aromatic heterocycles. The number of halogens is 1. The van der Waals surface area contributed by atoms with E-state index in [-0.39, 0.29) is 17.4 Å². The summed E-state index contributed by atoms with van der Waals surface area (Å²) in [5.74, 6) is 0.385. The molecule has 0 aliphatic rings. The zero-order chi connectivity index (χ0) is 13.3. The van der Waals surface area contributed by atoms with E-state index in [2.05, 4.69) is 0 Å². The van der Waals surface area contributed by atoms with E-state index in [4.69, 9.17) is 11.6 Å². The lowest BCUT2D eigenvalue weighted by molar-refractivity contribution is 0.445. The third-order valence-corrected chi connectivity index (χ3v) is 3.17. The molecule has 0 heterocycles. The first-order chi connectivity index (χ1) is 8.49. The number of benzene rings is 2. The minimum atomic E-state index is 0.0687. The Kier molecular flexibility index (Phi) is 3.48. The van der Waals surface area contributed by atoms with E-state index in [1.807, 2.05) is 32.0 Å². The molecule has 0 radical (unpaired) electrons. The van der Waals surface area contributed by atoms with Gasteiger partial charge in [-0.3, -0.25) is 0 Å². The summed E-state index contributed by atoms with van der Waals surface area (Å²) in [6.07, 6.45) is 0. The average Bonchev–Trinajstić information content (AvgIpc) is 2.30. The quantitative estimate of drug-likeness (QED) is 0.834. The lowest BCUT2D eigenvalue weighted by Crippen LogP contribution is -1.90. The van der Waals surface area contributed by atoms with Crippen molar-refractivity contribution < 1.29 is 10.2 Å². The molecule has 0 unspecified atom stereocenters. The Labute approximate surface area is 111 Å². The van der Waals surface area contributed by atoms with Crippen LogP contribution in [0, 0.1) is 0 Å². The molecule has 2 rings (SSSR count). The summed E-state index contributed by atoms with van der Waals surface area (Å²) in [6, 6.07) is 10.4. The molecule has 0 saturated carbocycles. The molecule has 2 aromatic carbocycles. The monoisotopic (exact) mass is 262 g/mol. The predicted octanol–water partition coefficient (Wildman–Crippen LogP) is 4.54. The number of hydrogen-bond donors (Lipinski definition) is 2. The van der Waals surface area contributed by atoms with Gasteiger partial charge in [0.15, 0.2) is 0 Å². The van der Waals surface area contributed by atoms with E-state index in [1.165, 1.54) is 6.07 Å². The van der Waals surface area contributed by atoms with Crippen LogP contribution in [0.4, 0.5) is 0 Å². The van der Waals surface area contributed by atoms with E-state index >= 15 is 0 Å². The second kappa shape index (κ2) is 4.91. The standard InChI is InChI=1S/C15H15ClO2/c1-9(2)12-7-13(15(18)8-14(12)17)10-3-5-11(16)6-4-10/h3-9,17-18H,1-2H3. The first-order valence-electron chi connectivity index (χ1n) is 5.81. The number of rotatable bonds is 2. The first kappa shape index (κ1) is 12.8. The fourth-order valence-electron chi connectivity index (χ4n) is 1.92. The van der Waals surface area contributed by atoms with Gasteiger partial charge in [0, 0.05) is 16.7 Å². The maximum atomic E-state index is 9.93. The van der Waals surface area contributed by atoms with Crippen LogP contribution in [0.2, 0.25) is 5.02 Å². The predicted molar refractivity (Wildman–Crippen MR) is 74.3 cm³/mol. The third-order valence-electron chi connectivity index (χ3n) is 2.92. The SMILES string of the molecule is CC(C)c1cc(-c2ccc(Cl)cc2)c(O)cc1O. The fraction of sp³-hybridized carbons (Fsp3) is 0.200. The first-order valence-corrected chi connectivity index (χ1v) is 6.18. The third kappa shape index (κ3) is 2.44. The second-order valence-electron chi connectivity index (χ2n) is 4.59. The van der Waals surface area contributed by atoms with Crippen molar-refractivity contribution in [1.82, 2.24) is 0 Å². The van der Waals surface area contributed by atoms with Gasteiger partial charge in [-0.1, -0.05) is 37.6 Å². The Morgan fingerprint density at radius 3 is 2.11 bits per heavy atom. The Balaban J connectivity index is 2.57. The molecule has 0 atom stereocenters. The van der Waals surface area contributed by atoms with Crippen molar-refractivity contribution in [3.05, 3.63) is 47.0 Å². The van der Waals surface area contributed by atoms with E-state index in [9.17, 15) is 10.2 Å². The van der Waals surface area contributed by atoms with Crippen LogP contribution in [0.5, 0.6) is 11.5 Å². The van der Waals surface area contributed by atoms with Crippen LogP contribution in [-0.2, 0) is 0 Å². The molecule has 2 nitrogen and oxygen atoms in total. The van der Waals surface area contributed by atoms with Crippen LogP contribution in [0.1, 0.15) is 25.3 Å². The van der Waals surface area contributed by atoms with Gasteiger partial charge in [-0.15, -0.1) is 0 Å². The van der Waals surface area contributed by atoms with Gasteiger partial charge in [-0.2, -0.15) is 0 Å². The number of aromatic hydroxyl groups is 2. The van der Waals surface area contributed by atoms with Crippen LogP contribution < -0.4 is 0 Å². The minimum absolute atomic E-state index is 0.0687. The highest BCUT2D eigenvalue weighted by Gasteiger charge is 2.12. The Morgan fingerprint density at radius 1 is 0.944 bits per heavy atom. The van der Waals surface area contributed by atoms with E-state index < -0.39 is 0 Å². The summed E-state index contributed by atoms with van der Waals surface area (Å²) in [5, 5.41) is 20.4. The van der Waals surface area contributed by atoms with E-state index in [0.29, 0.717) is 10.6 Å². The molecule has 0 aliphatic carbocycles. The van der Waals surface area contributed by atoms with Gasteiger partial charge in [0.25, 0.3) is 0 Å². The normalized spacial score (nSPS) is 10.9. The summed E-state index contributed by atoms with van der Waals surface area (Å²) in [6.45, 7) is 4.00. The smallest absolute Gasteiger partial charge is 0.127 e. The number of hydrogen-bond acceptors (Lipinski definition) is 2. The lowest BCUT2D eigenvalue weighted by atomic mass is 9.95. The zero-order valence-corrected chi connectivity index (χ0v) is 11.1. The van der Waals surface area contributed by atoms with Crippen LogP contribution in [0.25, 0.3) is 11.1 Å². The molecule has 18 heavy (non-hydrogen) atoms. The summed E-state index contributed by atoms with van der Waals surface area (Å²) in [7, 11) is 0. The number of phenolic OH excluding ortho intramolecular Hbond substituents is 2. The highest BCUT2D eigenvalue weighted by atomic mass is 35.5. The van der Waals surface area contributed by atoms with Gasteiger partial charge >= 0.3 is 0 Å². The minimum Gasteiger partial charge on any atom is -0.508 e. The van der Waals surface area contributed by atoms with Gasteiger partial charge in [-0.05, 0) is 35.2 Å². The lowest BCUT2D eigenvalue weighted by Gasteiger charge is -2.13. The van der Waals surface area contributed by atoms with Crippen LogP contribution in [-0.4, -0.2) is 10.2 Å². The zero-order valence-electron chi connectivity index (χ0n) is 10.3. The van der Waals surface area contributed by atoms with Crippen molar-refractivity contribution in [1.29, 1.82) is 0 Å². The maximum Gasteiger partial charge on any atom is 0.127 e. The van der Waals surface area contributed by atoms with Gasteiger partial charge in [0.05, 0.1) is 0 Å². The molecule has 0 aliphatic heterocycles. The van der Waals surface area contributed by atoms with E-state index in [1.54, 1.807) is 12.1 Å². The van der Waals surface area contributed by atoms with Gasteiger partial charge in [-0.25, -0.2) is 0 Å². The molecular formula is C15H15ClO2. The molecule has 94 valence electrons. The summed E-state index contributed by atoms with van der Waals surface area (Å²) in [5.41, 5.74) is 2.39. The summed E-state index contributed by atoms with van der Waals surface area (Å²) >= 11 is 5.84. The van der Waals surface area contributed by atoms with Crippen molar-refractivity contribution in [2.75, 3.05) is 0 Å². The summed E-state index contributed by atoms with van der Waals surface area (Å²) < 4.78 is 0. The Hall–Kier alpha value is -1.67. The van der Waals surface area contributed by atoms with Gasteiger partial charge < -0.3 is 10.2 Å². The molecule has 0 amide bonds. The molecule has 0 spiro atoms. The molecule has 0 bridgehead atoms. The molecule has 0 saturated heterocycles. The van der Waals surface area contributed by atoms with Crippen LogP contribution in [0.15, 0.2) is 36.4 Å². The average molecular weight is 263 g/mol. The maximum absolute atomic E-state index is 9.93. The van der Waals surface area contributed by atoms with Gasteiger partial charge in [0.1, 0.15) is 11.5 Å². The van der Waals surface area contributed by atoms with Gasteiger partial charge in [0.2, 0.25) is 0 Å². The van der Waals surface area contributed by atoms with Crippen LogP contribution >= 0.6 is 11.6 Å². The van der Waals surface area contributed by atoms with Crippen molar-refractivity contribution in [3.8, 4) is 22.6 Å². The molecule has 2 N–H and O–H groups in total. The highest BCUT2D eigenvalue weighted by molar-refractivity contribution is 6.30.